The zero-order chi connectivity index (χ0) is 15.1. The molecule has 1 rings (SSSR count). The van der Waals surface area contributed by atoms with Crippen molar-refractivity contribution in [3.8, 4) is 0 Å². The molecule has 0 saturated carbocycles. The molecule has 0 fully saturated rings. The minimum Gasteiger partial charge on any atom is -0.467 e. The largest absolute Gasteiger partial charge is 0.467 e. The summed E-state index contributed by atoms with van der Waals surface area (Å²) in [5.41, 5.74) is 0.553. The Morgan fingerprint density at radius 1 is 1.50 bits per heavy atom. The fraction of sp³-hybridized carbons (Fsp3) is 0.462. The molecule has 110 valence electrons. The van der Waals surface area contributed by atoms with Crippen LogP contribution in [0.25, 0.3) is 0 Å². The van der Waals surface area contributed by atoms with Crippen LogP contribution in [0, 0.1) is 0 Å². The fourth-order valence-corrected chi connectivity index (χ4v) is 2.22. The summed E-state index contributed by atoms with van der Waals surface area (Å²) < 4.78 is 4.63. The molecule has 0 spiro atoms. The van der Waals surface area contributed by atoms with Gasteiger partial charge < -0.3 is 15.0 Å². The number of nitrogens with zero attached hydrogens (tertiary/aromatic N) is 1. The van der Waals surface area contributed by atoms with Crippen LogP contribution < -0.4 is 5.32 Å². The molecule has 0 aromatic carbocycles. The summed E-state index contributed by atoms with van der Waals surface area (Å²) in [4.78, 5) is 36.4. The maximum atomic E-state index is 12.1. The molecule has 0 saturated heterocycles. The number of carbonyl (C=O) groups excluding carboxylic acids is 3. The summed E-state index contributed by atoms with van der Waals surface area (Å²) >= 11 is 0.974. The van der Waals surface area contributed by atoms with Gasteiger partial charge in [-0.3, -0.25) is 9.59 Å². The number of rotatable bonds is 5. The number of esters is 1. The average Bonchev–Trinajstić information content (AvgIpc) is 2.42. The fourth-order valence-electron chi connectivity index (χ4n) is 1.60. The highest BCUT2D eigenvalue weighted by Crippen LogP contribution is 2.12. The van der Waals surface area contributed by atoms with Crippen LogP contribution in [0.5, 0.6) is 0 Å². The van der Waals surface area contributed by atoms with Gasteiger partial charge in [0, 0.05) is 31.5 Å². The molecule has 1 aliphatic heterocycles. The normalized spacial score (nSPS) is 15.3. The monoisotopic (exact) mass is 298 g/mol. The average molecular weight is 298 g/mol. The quantitative estimate of drug-likeness (QED) is 0.751. The van der Waals surface area contributed by atoms with Crippen LogP contribution in [-0.2, 0) is 19.1 Å². The van der Waals surface area contributed by atoms with Gasteiger partial charge in [0.25, 0.3) is 0 Å². The second-order valence-corrected chi connectivity index (χ2v) is 5.46. The Labute approximate surface area is 122 Å². The van der Waals surface area contributed by atoms with Crippen molar-refractivity contribution in [2.45, 2.75) is 19.4 Å². The molecule has 6 nitrogen and oxygen atoms in total. The standard InChI is InChI=1S/C13H18N2O4S/c1-9(16)20-8-11(13(18)19-3)14-12(17)10-5-4-6-15(2)7-10/h4,6-7,11H,5,8H2,1-3H3,(H,14,17). The Morgan fingerprint density at radius 2 is 2.20 bits per heavy atom. The predicted molar refractivity (Wildman–Crippen MR) is 76.7 cm³/mol. The summed E-state index contributed by atoms with van der Waals surface area (Å²) in [6, 6.07) is -0.835. The van der Waals surface area contributed by atoms with E-state index >= 15 is 0 Å². The van der Waals surface area contributed by atoms with Crippen molar-refractivity contribution in [2.75, 3.05) is 19.9 Å². The molecule has 0 aromatic rings. The number of ether oxygens (including phenoxy) is 1. The Balaban J connectivity index is 2.66. The van der Waals surface area contributed by atoms with E-state index in [0.29, 0.717) is 12.0 Å². The van der Waals surface area contributed by atoms with Gasteiger partial charge in [-0.25, -0.2) is 4.79 Å². The summed E-state index contributed by atoms with van der Waals surface area (Å²) in [6.45, 7) is 1.41. The van der Waals surface area contributed by atoms with E-state index in [2.05, 4.69) is 10.1 Å². The molecule has 1 unspecified atom stereocenters. The molecule has 7 heteroatoms. The lowest BCUT2D eigenvalue weighted by atomic mass is 10.1. The van der Waals surface area contributed by atoms with Crippen LogP contribution >= 0.6 is 11.8 Å². The first-order chi connectivity index (χ1) is 9.43. The van der Waals surface area contributed by atoms with Crippen molar-refractivity contribution in [3.63, 3.8) is 0 Å². The number of amides is 1. The van der Waals surface area contributed by atoms with Crippen molar-refractivity contribution in [1.29, 1.82) is 0 Å². The first kappa shape index (κ1) is 16.3. The number of carbonyl (C=O) groups is 3. The first-order valence-electron chi connectivity index (χ1n) is 6.05. The Kier molecular flexibility index (Phi) is 6.30. The smallest absolute Gasteiger partial charge is 0.329 e. The second-order valence-electron chi connectivity index (χ2n) is 4.26. The molecule has 1 atom stereocenters. The molecule has 1 N–H and O–H groups in total. The molecule has 0 bridgehead atoms. The van der Waals surface area contributed by atoms with Gasteiger partial charge in [-0.1, -0.05) is 17.8 Å². The Hall–Kier alpha value is -1.76. The topological polar surface area (TPSA) is 75.7 Å². The minimum absolute atomic E-state index is 0.118. The highest BCUT2D eigenvalue weighted by molar-refractivity contribution is 8.13. The lowest BCUT2D eigenvalue weighted by Crippen LogP contribution is -2.44. The SMILES string of the molecule is COC(=O)C(CSC(C)=O)NC(=O)C1=CN(C)C=CC1. The van der Waals surface area contributed by atoms with Crippen LogP contribution in [0.4, 0.5) is 0 Å². The van der Waals surface area contributed by atoms with Crippen molar-refractivity contribution in [2.24, 2.45) is 0 Å². The number of methoxy groups -OCH3 is 1. The molecule has 1 heterocycles. The third-order valence-electron chi connectivity index (χ3n) is 2.57. The van der Waals surface area contributed by atoms with E-state index in [9.17, 15) is 14.4 Å². The van der Waals surface area contributed by atoms with Crippen molar-refractivity contribution in [1.82, 2.24) is 10.2 Å². The molecule has 0 aromatic heterocycles. The summed E-state index contributed by atoms with van der Waals surface area (Å²) in [7, 11) is 3.06. The van der Waals surface area contributed by atoms with Gasteiger partial charge in [0.2, 0.25) is 5.91 Å². The van der Waals surface area contributed by atoms with Crippen LogP contribution in [0.3, 0.4) is 0 Å². The number of allylic oxidation sites excluding steroid dienone is 1. The lowest BCUT2D eigenvalue weighted by Gasteiger charge is -2.19. The molecule has 0 radical (unpaired) electrons. The molecule has 1 amide bonds. The van der Waals surface area contributed by atoms with E-state index in [1.807, 2.05) is 19.3 Å². The van der Waals surface area contributed by atoms with Crippen LogP contribution in [-0.4, -0.2) is 47.8 Å². The van der Waals surface area contributed by atoms with Gasteiger partial charge in [-0.15, -0.1) is 0 Å². The summed E-state index contributed by atoms with van der Waals surface area (Å²) in [5.74, 6) is -0.736. The highest BCUT2D eigenvalue weighted by Gasteiger charge is 2.24. The number of nitrogens with one attached hydrogen (secondary N) is 1. The van der Waals surface area contributed by atoms with Gasteiger partial charge in [0.15, 0.2) is 5.12 Å². The number of hydrogen-bond acceptors (Lipinski definition) is 6. The number of hydrogen-bond donors (Lipinski definition) is 1. The first-order valence-corrected chi connectivity index (χ1v) is 7.04. The zero-order valence-corrected chi connectivity index (χ0v) is 12.5. The maximum Gasteiger partial charge on any atom is 0.329 e. The van der Waals surface area contributed by atoms with E-state index in [1.54, 1.807) is 11.1 Å². The van der Waals surface area contributed by atoms with Gasteiger partial charge in [-0.2, -0.15) is 0 Å². The summed E-state index contributed by atoms with van der Waals surface area (Å²) in [6.07, 6.45) is 5.90. The van der Waals surface area contributed by atoms with E-state index in [-0.39, 0.29) is 16.8 Å². The van der Waals surface area contributed by atoms with Gasteiger partial charge in [-0.05, 0) is 12.6 Å². The van der Waals surface area contributed by atoms with Crippen molar-refractivity contribution in [3.05, 3.63) is 24.0 Å². The number of thioether (sulfide) groups is 1. The van der Waals surface area contributed by atoms with Crippen LogP contribution in [0.2, 0.25) is 0 Å². The predicted octanol–water partition coefficient (Wildman–Crippen LogP) is 0.657. The Bertz CT molecular complexity index is 459. The van der Waals surface area contributed by atoms with E-state index < -0.39 is 12.0 Å². The molecular formula is C13H18N2O4S. The van der Waals surface area contributed by atoms with E-state index in [4.69, 9.17) is 0 Å². The van der Waals surface area contributed by atoms with E-state index in [1.165, 1.54) is 14.0 Å². The van der Waals surface area contributed by atoms with Gasteiger partial charge in [0.05, 0.1) is 7.11 Å². The Morgan fingerprint density at radius 3 is 2.75 bits per heavy atom. The maximum absolute atomic E-state index is 12.1. The van der Waals surface area contributed by atoms with Gasteiger partial charge >= 0.3 is 5.97 Å². The third kappa shape index (κ3) is 5.08. The van der Waals surface area contributed by atoms with Crippen molar-refractivity contribution < 1.29 is 19.1 Å². The molecular weight excluding hydrogens is 280 g/mol. The second kappa shape index (κ2) is 7.74. The van der Waals surface area contributed by atoms with E-state index in [0.717, 1.165) is 11.8 Å². The molecule has 0 aliphatic carbocycles. The third-order valence-corrected chi connectivity index (χ3v) is 3.48. The van der Waals surface area contributed by atoms with Crippen molar-refractivity contribution >= 4 is 28.8 Å². The lowest BCUT2D eigenvalue weighted by molar-refractivity contribution is -0.143. The highest BCUT2D eigenvalue weighted by atomic mass is 32.2. The zero-order valence-electron chi connectivity index (χ0n) is 11.7. The van der Waals surface area contributed by atoms with Crippen LogP contribution in [0.1, 0.15) is 13.3 Å². The minimum atomic E-state index is -0.835. The molecule has 1 aliphatic rings. The summed E-state index contributed by atoms with van der Waals surface area (Å²) in [5, 5.41) is 2.48. The van der Waals surface area contributed by atoms with Crippen LogP contribution in [0.15, 0.2) is 24.0 Å². The van der Waals surface area contributed by atoms with Gasteiger partial charge in [0.1, 0.15) is 6.04 Å². The molecule has 20 heavy (non-hydrogen) atoms.